The minimum atomic E-state index is -0.643. The van der Waals surface area contributed by atoms with Crippen molar-refractivity contribution in [3.63, 3.8) is 0 Å². The van der Waals surface area contributed by atoms with Crippen molar-refractivity contribution in [3.8, 4) is 0 Å². The zero-order valence-electron chi connectivity index (χ0n) is 25.9. The first kappa shape index (κ1) is 31.9. The zero-order valence-corrected chi connectivity index (χ0v) is 25.9. The molecule has 0 aliphatic heterocycles. The molecule has 228 valence electrons. The number of nitrogens with one attached hydrogen (secondary N) is 4. The molecular formula is C35H46N6O2. The molecule has 2 amide bonds. The third-order valence-electron chi connectivity index (χ3n) is 7.84. The summed E-state index contributed by atoms with van der Waals surface area (Å²) in [6.07, 6.45) is 5.97. The Morgan fingerprint density at radius 3 is 2.40 bits per heavy atom. The Bertz CT molecular complexity index is 1430. The van der Waals surface area contributed by atoms with Gasteiger partial charge in [-0.2, -0.15) is 0 Å². The van der Waals surface area contributed by atoms with Crippen LogP contribution in [0.25, 0.3) is 10.8 Å². The molecule has 0 aliphatic carbocycles. The number of carbonyl (C=O) groups is 2. The number of amides is 2. The summed E-state index contributed by atoms with van der Waals surface area (Å²) in [4.78, 5) is 36.7. The van der Waals surface area contributed by atoms with Crippen LogP contribution >= 0.6 is 0 Å². The molecule has 1 heterocycles. The van der Waals surface area contributed by atoms with Crippen molar-refractivity contribution in [2.24, 2.45) is 0 Å². The predicted octanol–water partition coefficient (Wildman–Crippen LogP) is 5.73. The number of aromatic amines is 1. The molecule has 1 aromatic heterocycles. The summed E-state index contributed by atoms with van der Waals surface area (Å²) in [7, 11) is 0. The van der Waals surface area contributed by atoms with Gasteiger partial charge in [-0.3, -0.25) is 9.59 Å². The molecule has 8 heteroatoms. The topological polar surface area (TPSA) is 102 Å². The van der Waals surface area contributed by atoms with Crippen LogP contribution in [0.1, 0.15) is 80.3 Å². The van der Waals surface area contributed by atoms with E-state index in [2.05, 4.69) is 75.9 Å². The number of benzene rings is 3. The van der Waals surface area contributed by atoms with Crippen molar-refractivity contribution in [1.82, 2.24) is 30.8 Å². The van der Waals surface area contributed by atoms with Gasteiger partial charge in [-0.05, 0) is 87.2 Å². The molecule has 0 aliphatic rings. The Labute approximate surface area is 255 Å². The molecule has 0 saturated heterocycles. The van der Waals surface area contributed by atoms with Gasteiger partial charge in [0.2, 0.25) is 5.91 Å². The van der Waals surface area contributed by atoms with E-state index in [1.54, 1.807) is 12.4 Å². The van der Waals surface area contributed by atoms with Crippen LogP contribution in [0.2, 0.25) is 0 Å². The maximum Gasteiger partial charge on any atom is 0.251 e. The second kappa shape index (κ2) is 16.0. The molecule has 2 atom stereocenters. The van der Waals surface area contributed by atoms with Crippen LogP contribution in [0.3, 0.4) is 0 Å². The van der Waals surface area contributed by atoms with Crippen LogP contribution in [0.15, 0.2) is 79.1 Å². The standard InChI is InChI=1S/C35H46N6O2/c1-5-21-41(25(2)3)22-9-14-32(35(43)39-26(4)30-13-8-11-28-10-6-7-12-31(28)30)40-34(42)29-17-15-27(16-18-29)23-36-24-33-37-19-20-38-33/h6-8,10-13,15-20,25-26,32,36H,5,9,14,21-24H2,1-4H3,(H,37,38)(H,39,43)(H,40,42)/t26-,32-/m0/s1. The van der Waals surface area contributed by atoms with E-state index in [9.17, 15) is 9.59 Å². The second-order valence-corrected chi connectivity index (χ2v) is 11.4. The lowest BCUT2D eigenvalue weighted by Crippen LogP contribution is -2.47. The lowest BCUT2D eigenvalue weighted by molar-refractivity contribution is -0.123. The van der Waals surface area contributed by atoms with E-state index < -0.39 is 6.04 Å². The normalized spacial score (nSPS) is 12.9. The Morgan fingerprint density at radius 1 is 0.907 bits per heavy atom. The van der Waals surface area contributed by atoms with Gasteiger partial charge in [0, 0.05) is 30.5 Å². The van der Waals surface area contributed by atoms with Crippen molar-refractivity contribution in [2.45, 2.75) is 78.2 Å². The van der Waals surface area contributed by atoms with Gasteiger partial charge in [-0.15, -0.1) is 0 Å². The van der Waals surface area contributed by atoms with E-state index in [0.29, 0.717) is 31.1 Å². The lowest BCUT2D eigenvalue weighted by atomic mass is 9.99. The number of imidazole rings is 1. The summed E-state index contributed by atoms with van der Waals surface area (Å²) in [6.45, 7) is 11.8. The zero-order chi connectivity index (χ0) is 30.6. The van der Waals surface area contributed by atoms with E-state index in [1.165, 1.54) is 0 Å². The fraction of sp³-hybridized carbons (Fsp3) is 0.400. The third-order valence-corrected chi connectivity index (χ3v) is 7.84. The molecule has 43 heavy (non-hydrogen) atoms. The van der Waals surface area contributed by atoms with Gasteiger partial charge >= 0.3 is 0 Å². The highest BCUT2D eigenvalue weighted by Crippen LogP contribution is 2.24. The molecule has 0 bridgehead atoms. The SMILES string of the molecule is CCCN(CCC[C@H](NC(=O)c1ccc(CNCc2ncc[nH]2)cc1)C(=O)N[C@@H](C)c1cccc2ccccc12)C(C)C. The molecule has 0 spiro atoms. The van der Waals surface area contributed by atoms with Crippen LogP contribution in [-0.4, -0.2) is 51.9 Å². The van der Waals surface area contributed by atoms with Crippen LogP contribution in [0.5, 0.6) is 0 Å². The minimum absolute atomic E-state index is 0.167. The summed E-state index contributed by atoms with van der Waals surface area (Å²) in [6, 6.07) is 21.4. The van der Waals surface area contributed by atoms with Crippen molar-refractivity contribution in [2.75, 3.05) is 13.1 Å². The van der Waals surface area contributed by atoms with Gasteiger partial charge in [-0.25, -0.2) is 4.98 Å². The van der Waals surface area contributed by atoms with Crippen molar-refractivity contribution >= 4 is 22.6 Å². The summed E-state index contributed by atoms with van der Waals surface area (Å²) < 4.78 is 0. The summed E-state index contributed by atoms with van der Waals surface area (Å²) >= 11 is 0. The van der Waals surface area contributed by atoms with Gasteiger partial charge in [0.15, 0.2) is 0 Å². The average molecular weight is 583 g/mol. The molecule has 3 aromatic carbocycles. The molecule has 4 aromatic rings. The molecule has 4 N–H and O–H groups in total. The highest BCUT2D eigenvalue weighted by molar-refractivity contribution is 5.97. The number of nitrogens with zero attached hydrogens (tertiary/aromatic N) is 2. The van der Waals surface area contributed by atoms with Crippen molar-refractivity contribution in [3.05, 3.63) is 102 Å². The molecule has 0 saturated carbocycles. The molecule has 0 unspecified atom stereocenters. The van der Waals surface area contributed by atoms with Crippen LogP contribution in [0.4, 0.5) is 0 Å². The predicted molar refractivity (Wildman–Crippen MR) is 174 cm³/mol. The summed E-state index contributed by atoms with van der Waals surface area (Å²) in [5.74, 6) is 0.461. The first-order valence-corrected chi connectivity index (χ1v) is 15.5. The van der Waals surface area contributed by atoms with E-state index >= 15 is 0 Å². The maximum absolute atomic E-state index is 13.7. The smallest absolute Gasteiger partial charge is 0.251 e. The highest BCUT2D eigenvalue weighted by Gasteiger charge is 2.24. The number of hydrogen-bond donors (Lipinski definition) is 4. The molecule has 8 nitrogen and oxygen atoms in total. The fourth-order valence-corrected chi connectivity index (χ4v) is 5.44. The van der Waals surface area contributed by atoms with E-state index in [4.69, 9.17) is 0 Å². The van der Waals surface area contributed by atoms with Crippen LogP contribution < -0.4 is 16.0 Å². The molecule has 0 radical (unpaired) electrons. The number of fused-ring (bicyclic) bond motifs is 1. The number of H-pyrrole nitrogens is 1. The van der Waals surface area contributed by atoms with Gasteiger partial charge in [0.05, 0.1) is 12.6 Å². The van der Waals surface area contributed by atoms with Gasteiger partial charge in [-0.1, -0.05) is 61.5 Å². The minimum Gasteiger partial charge on any atom is -0.348 e. The van der Waals surface area contributed by atoms with Crippen LogP contribution in [-0.2, 0) is 17.9 Å². The number of carbonyl (C=O) groups excluding carboxylic acids is 2. The number of aromatic nitrogens is 2. The largest absolute Gasteiger partial charge is 0.348 e. The molecular weight excluding hydrogens is 536 g/mol. The molecule has 4 rings (SSSR count). The quantitative estimate of drug-likeness (QED) is 0.135. The monoisotopic (exact) mass is 582 g/mol. The number of rotatable bonds is 16. The Morgan fingerprint density at radius 2 is 1.67 bits per heavy atom. The Balaban J connectivity index is 1.41. The fourth-order valence-electron chi connectivity index (χ4n) is 5.44. The van der Waals surface area contributed by atoms with E-state index in [1.807, 2.05) is 49.4 Å². The summed E-state index contributed by atoms with van der Waals surface area (Å²) in [5, 5.41) is 11.8. The average Bonchev–Trinajstić information content (AvgIpc) is 3.53. The highest BCUT2D eigenvalue weighted by atomic mass is 16.2. The van der Waals surface area contributed by atoms with E-state index in [0.717, 1.165) is 53.7 Å². The van der Waals surface area contributed by atoms with Crippen LogP contribution in [0, 0.1) is 0 Å². The van der Waals surface area contributed by atoms with Gasteiger partial charge in [0.1, 0.15) is 11.9 Å². The van der Waals surface area contributed by atoms with Crippen molar-refractivity contribution < 1.29 is 9.59 Å². The maximum atomic E-state index is 13.7. The van der Waals surface area contributed by atoms with Gasteiger partial charge < -0.3 is 25.8 Å². The second-order valence-electron chi connectivity index (χ2n) is 11.4. The first-order valence-electron chi connectivity index (χ1n) is 15.5. The first-order chi connectivity index (χ1) is 20.9. The molecule has 0 fully saturated rings. The lowest BCUT2D eigenvalue weighted by Gasteiger charge is -2.27. The summed E-state index contributed by atoms with van der Waals surface area (Å²) in [5.41, 5.74) is 2.65. The van der Waals surface area contributed by atoms with Gasteiger partial charge in [0.25, 0.3) is 5.91 Å². The Kier molecular flexibility index (Phi) is 11.9. The van der Waals surface area contributed by atoms with Crippen molar-refractivity contribution in [1.29, 1.82) is 0 Å². The Hall–Kier alpha value is -4.01. The third kappa shape index (κ3) is 9.24. The van der Waals surface area contributed by atoms with E-state index in [-0.39, 0.29) is 17.9 Å². The number of hydrogen-bond acceptors (Lipinski definition) is 5.